The molecule has 2 aromatic rings. The van der Waals surface area contributed by atoms with Crippen molar-refractivity contribution in [1.29, 1.82) is 0 Å². The zero-order valence-corrected chi connectivity index (χ0v) is 12.6. The van der Waals surface area contributed by atoms with Crippen molar-refractivity contribution >= 4 is 29.1 Å². The van der Waals surface area contributed by atoms with Crippen LogP contribution >= 0.6 is 23.2 Å². The maximum atomic E-state index is 12.3. The molecule has 104 valence electrons. The standard InChI is InChI=1S/C16H15Cl2NO/c1-19(11-12-6-5-9-14(17)10-12)16(20)15(18)13-7-3-2-4-8-13/h2-10,15H,11H2,1H3. The minimum absolute atomic E-state index is 0.127. The van der Waals surface area contributed by atoms with Crippen LogP contribution in [-0.4, -0.2) is 17.9 Å². The van der Waals surface area contributed by atoms with Crippen LogP contribution in [0.3, 0.4) is 0 Å². The molecule has 2 nitrogen and oxygen atoms in total. The van der Waals surface area contributed by atoms with Gasteiger partial charge in [0.1, 0.15) is 5.38 Å². The predicted octanol–water partition coefficient (Wildman–Crippen LogP) is 4.28. The molecule has 0 aliphatic heterocycles. The highest BCUT2D eigenvalue weighted by Gasteiger charge is 2.21. The maximum absolute atomic E-state index is 12.3. The number of amides is 1. The summed E-state index contributed by atoms with van der Waals surface area (Å²) in [6, 6.07) is 16.8. The Labute approximate surface area is 128 Å². The van der Waals surface area contributed by atoms with Gasteiger partial charge in [-0.3, -0.25) is 4.79 Å². The van der Waals surface area contributed by atoms with E-state index >= 15 is 0 Å². The zero-order chi connectivity index (χ0) is 14.5. The van der Waals surface area contributed by atoms with E-state index in [2.05, 4.69) is 0 Å². The van der Waals surface area contributed by atoms with E-state index in [9.17, 15) is 4.79 Å². The number of hydrogen-bond donors (Lipinski definition) is 0. The highest BCUT2D eigenvalue weighted by atomic mass is 35.5. The van der Waals surface area contributed by atoms with Gasteiger partial charge in [0.05, 0.1) is 0 Å². The van der Waals surface area contributed by atoms with E-state index in [1.807, 2.05) is 48.5 Å². The number of alkyl halides is 1. The first-order valence-electron chi connectivity index (χ1n) is 6.26. The molecule has 0 spiro atoms. The van der Waals surface area contributed by atoms with E-state index in [4.69, 9.17) is 23.2 Å². The molecule has 0 aliphatic carbocycles. The van der Waals surface area contributed by atoms with Crippen LogP contribution in [-0.2, 0) is 11.3 Å². The molecule has 1 amide bonds. The molecule has 0 saturated carbocycles. The van der Waals surface area contributed by atoms with Crippen molar-refractivity contribution in [3.05, 3.63) is 70.7 Å². The largest absolute Gasteiger partial charge is 0.340 e. The number of rotatable bonds is 4. The van der Waals surface area contributed by atoms with Crippen molar-refractivity contribution < 1.29 is 4.79 Å². The molecule has 0 saturated heterocycles. The lowest BCUT2D eigenvalue weighted by Crippen LogP contribution is -2.29. The number of likely N-dealkylation sites (N-methyl/N-ethyl adjacent to an activating group) is 1. The van der Waals surface area contributed by atoms with Gasteiger partial charge in [0.15, 0.2) is 0 Å². The van der Waals surface area contributed by atoms with Gasteiger partial charge in [-0.15, -0.1) is 11.6 Å². The molecule has 0 bridgehead atoms. The number of benzene rings is 2. The van der Waals surface area contributed by atoms with Crippen LogP contribution in [0.1, 0.15) is 16.5 Å². The van der Waals surface area contributed by atoms with Crippen molar-refractivity contribution in [2.24, 2.45) is 0 Å². The third-order valence-corrected chi connectivity index (χ3v) is 3.67. The van der Waals surface area contributed by atoms with Crippen LogP contribution in [0.4, 0.5) is 0 Å². The summed E-state index contributed by atoms with van der Waals surface area (Å²) in [6.07, 6.45) is 0. The van der Waals surface area contributed by atoms with Crippen molar-refractivity contribution in [3.8, 4) is 0 Å². The Kier molecular flexibility index (Phi) is 5.05. The second kappa shape index (κ2) is 6.78. The van der Waals surface area contributed by atoms with E-state index in [0.717, 1.165) is 11.1 Å². The summed E-state index contributed by atoms with van der Waals surface area (Å²) in [5.41, 5.74) is 1.78. The minimum Gasteiger partial charge on any atom is -0.340 e. The van der Waals surface area contributed by atoms with E-state index < -0.39 is 5.38 Å². The summed E-state index contributed by atoms with van der Waals surface area (Å²) < 4.78 is 0. The smallest absolute Gasteiger partial charge is 0.245 e. The molecular weight excluding hydrogens is 293 g/mol. The minimum atomic E-state index is -0.666. The molecule has 2 rings (SSSR count). The van der Waals surface area contributed by atoms with E-state index in [0.29, 0.717) is 11.6 Å². The molecule has 0 N–H and O–H groups in total. The lowest BCUT2D eigenvalue weighted by molar-refractivity contribution is -0.130. The van der Waals surface area contributed by atoms with Crippen molar-refractivity contribution in [1.82, 2.24) is 4.90 Å². The molecule has 0 aromatic heterocycles. The van der Waals surface area contributed by atoms with E-state index in [1.54, 1.807) is 18.0 Å². The SMILES string of the molecule is CN(Cc1cccc(Cl)c1)C(=O)C(Cl)c1ccccc1. The Morgan fingerprint density at radius 1 is 1.15 bits per heavy atom. The van der Waals surface area contributed by atoms with Gasteiger partial charge in [-0.25, -0.2) is 0 Å². The van der Waals surface area contributed by atoms with Crippen molar-refractivity contribution in [3.63, 3.8) is 0 Å². The molecule has 0 aliphatic rings. The Morgan fingerprint density at radius 2 is 1.85 bits per heavy atom. The second-order valence-corrected chi connectivity index (χ2v) is 5.47. The van der Waals surface area contributed by atoms with Crippen LogP contribution in [0.15, 0.2) is 54.6 Å². The molecule has 2 aromatic carbocycles. The zero-order valence-electron chi connectivity index (χ0n) is 11.1. The number of halogens is 2. The number of carbonyl (C=O) groups is 1. The summed E-state index contributed by atoms with van der Waals surface area (Å²) in [5.74, 6) is -0.127. The van der Waals surface area contributed by atoms with Crippen LogP contribution < -0.4 is 0 Å². The quantitative estimate of drug-likeness (QED) is 0.772. The molecule has 1 atom stereocenters. The van der Waals surface area contributed by atoms with Crippen molar-refractivity contribution in [2.75, 3.05) is 7.05 Å². The first-order chi connectivity index (χ1) is 9.58. The topological polar surface area (TPSA) is 20.3 Å². The number of nitrogens with zero attached hydrogens (tertiary/aromatic N) is 1. The summed E-state index contributed by atoms with van der Waals surface area (Å²) in [6.45, 7) is 0.482. The molecule has 0 fully saturated rings. The molecule has 4 heteroatoms. The Hall–Kier alpha value is -1.51. The number of hydrogen-bond acceptors (Lipinski definition) is 1. The van der Waals surface area contributed by atoms with Gasteiger partial charge in [0, 0.05) is 18.6 Å². The second-order valence-electron chi connectivity index (χ2n) is 4.60. The Bertz CT molecular complexity index is 586. The van der Waals surface area contributed by atoms with Gasteiger partial charge in [-0.2, -0.15) is 0 Å². The lowest BCUT2D eigenvalue weighted by Gasteiger charge is -2.20. The fourth-order valence-corrected chi connectivity index (χ4v) is 2.47. The first-order valence-corrected chi connectivity index (χ1v) is 7.08. The fraction of sp³-hybridized carbons (Fsp3) is 0.188. The van der Waals surface area contributed by atoms with Crippen LogP contribution in [0.5, 0.6) is 0 Å². The Morgan fingerprint density at radius 3 is 2.50 bits per heavy atom. The van der Waals surface area contributed by atoms with Gasteiger partial charge in [0.2, 0.25) is 5.91 Å². The highest BCUT2D eigenvalue weighted by molar-refractivity contribution is 6.31. The summed E-state index contributed by atoms with van der Waals surface area (Å²) in [4.78, 5) is 13.9. The first kappa shape index (κ1) is 14.9. The summed E-state index contributed by atoms with van der Waals surface area (Å²) in [5, 5.41) is -0.00536. The van der Waals surface area contributed by atoms with Crippen LogP contribution in [0, 0.1) is 0 Å². The third kappa shape index (κ3) is 3.75. The lowest BCUT2D eigenvalue weighted by atomic mass is 10.1. The summed E-state index contributed by atoms with van der Waals surface area (Å²) >= 11 is 12.2. The number of carbonyl (C=O) groups excluding carboxylic acids is 1. The van der Waals surface area contributed by atoms with Crippen LogP contribution in [0.2, 0.25) is 5.02 Å². The molecule has 1 unspecified atom stereocenters. The van der Waals surface area contributed by atoms with E-state index in [1.165, 1.54) is 0 Å². The monoisotopic (exact) mass is 307 g/mol. The average Bonchev–Trinajstić information content (AvgIpc) is 2.46. The van der Waals surface area contributed by atoms with Gasteiger partial charge >= 0.3 is 0 Å². The van der Waals surface area contributed by atoms with Crippen molar-refractivity contribution in [2.45, 2.75) is 11.9 Å². The van der Waals surface area contributed by atoms with Gasteiger partial charge in [0.25, 0.3) is 0 Å². The Balaban J connectivity index is 2.05. The molecule has 0 radical (unpaired) electrons. The third-order valence-electron chi connectivity index (χ3n) is 2.99. The molecule has 0 heterocycles. The van der Waals surface area contributed by atoms with E-state index in [-0.39, 0.29) is 5.91 Å². The molecular formula is C16H15Cl2NO. The summed E-state index contributed by atoms with van der Waals surface area (Å²) in [7, 11) is 1.74. The normalized spacial score (nSPS) is 11.9. The fourth-order valence-electron chi connectivity index (χ4n) is 1.95. The van der Waals surface area contributed by atoms with Crippen LogP contribution in [0.25, 0.3) is 0 Å². The predicted molar refractivity (Wildman–Crippen MR) is 83.0 cm³/mol. The van der Waals surface area contributed by atoms with Gasteiger partial charge in [-0.05, 0) is 23.3 Å². The highest BCUT2D eigenvalue weighted by Crippen LogP contribution is 2.23. The van der Waals surface area contributed by atoms with Gasteiger partial charge < -0.3 is 4.90 Å². The average molecular weight is 308 g/mol. The van der Waals surface area contributed by atoms with Gasteiger partial charge in [-0.1, -0.05) is 54.1 Å². The molecule has 20 heavy (non-hydrogen) atoms. The maximum Gasteiger partial charge on any atom is 0.245 e.